The summed E-state index contributed by atoms with van der Waals surface area (Å²) >= 11 is 23.7. The molecule has 0 radical (unpaired) electrons. The molecule has 7 heteroatoms. The van der Waals surface area contributed by atoms with Gasteiger partial charge in [-0.15, -0.1) is 0 Å². The summed E-state index contributed by atoms with van der Waals surface area (Å²) in [7, 11) is 0. The lowest BCUT2D eigenvalue weighted by atomic mass is 10.1. The van der Waals surface area contributed by atoms with Crippen LogP contribution in [0.25, 0.3) is 16.9 Å². The second kappa shape index (κ2) is 5.08. The van der Waals surface area contributed by atoms with E-state index in [1.54, 1.807) is 22.9 Å². The van der Waals surface area contributed by atoms with E-state index in [2.05, 4.69) is 4.98 Å². The summed E-state index contributed by atoms with van der Waals surface area (Å²) < 4.78 is 15.2. The van der Waals surface area contributed by atoms with Crippen LogP contribution < -0.4 is 0 Å². The Morgan fingerprint density at radius 1 is 0.900 bits per heavy atom. The number of fused-ring (bicyclic) bond motifs is 1. The van der Waals surface area contributed by atoms with E-state index in [-0.39, 0.29) is 5.02 Å². The fourth-order valence-corrected chi connectivity index (χ4v) is 2.88. The number of pyridine rings is 1. The zero-order chi connectivity index (χ0) is 14.4. The Morgan fingerprint density at radius 2 is 1.65 bits per heavy atom. The van der Waals surface area contributed by atoms with Crippen LogP contribution in [0, 0.1) is 5.82 Å². The van der Waals surface area contributed by atoms with Gasteiger partial charge in [-0.2, -0.15) is 0 Å². The highest BCUT2D eigenvalue weighted by Crippen LogP contribution is 2.33. The Balaban J connectivity index is 2.25. The summed E-state index contributed by atoms with van der Waals surface area (Å²) in [5.74, 6) is -0.563. The van der Waals surface area contributed by atoms with E-state index in [9.17, 15) is 4.39 Å². The van der Waals surface area contributed by atoms with Gasteiger partial charge in [0.1, 0.15) is 5.82 Å². The molecule has 0 aliphatic rings. The molecule has 0 atom stereocenters. The number of imidazole rings is 1. The predicted molar refractivity (Wildman–Crippen MR) is 80.6 cm³/mol. The number of hydrogen-bond donors (Lipinski definition) is 0. The Labute approximate surface area is 133 Å². The van der Waals surface area contributed by atoms with Crippen LogP contribution >= 0.6 is 46.4 Å². The van der Waals surface area contributed by atoms with Gasteiger partial charge in [0.05, 0.1) is 25.8 Å². The average molecular weight is 350 g/mol. The second-order valence-corrected chi connectivity index (χ2v) is 5.77. The Bertz CT molecular complexity index is 829. The van der Waals surface area contributed by atoms with Crippen molar-refractivity contribution in [2.75, 3.05) is 0 Å². The third kappa shape index (κ3) is 2.35. The minimum Gasteiger partial charge on any atom is -0.304 e. The van der Waals surface area contributed by atoms with Gasteiger partial charge < -0.3 is 4.40 Å². The molecule has 0 N–H and O–H groups in total. The van der Waals surface area contributed by atoms with E-state index in [0.717, 1.165) is 0 Å². The van der Waals surface area contributed by atoms with Gasteiger partial charge in [0, 0.05) is 18.0 Å². The molecule has 20 heavy (non-hydrogen) atoms. The lowest BCUT2D eigenvalue weighted by molar-refractivity contribution is 0.629. The van der Waals surface area contributed by atoms with Gasteiger partial charge in [0.2, 0.25) is 0 Å². The van der Waals surface area contributed by atoms with E-state index >= 15 is 0 Å². The fraction of sp³-hybridized carbons (Fsp3) is 0. The van der Waals surface area contributed by atoms with Crippen LogP contribution in [-0.4, -0.2) is 9.38 Å². The maximum Gasteiger partial charge on any atom is 0.156 e. The molecule has 0 fully saturated rings. The van der Waals surface area contributed by atoms with Gasteiger partial charge in [-0.05, 0) is 18.2 Å². The third-order valence-electron chi connectivity index (χ3n) is 2.76. The molecule has 2 nitrogen and oxygen atoms in total. The van der Waals surface area contributed by atoms with Gasteiger partial charge in [0.15, 0.2) is 5.65 Å². The zero-order valence-electron chi connectivity index (χ0n) is 9.67. The van der Waals surface area contributed by atoms with Gasteiger partial charge in [-0.3, -0.25) is 0 Å². The summed E-state index contributed by atoms with van der Waals surface area (Å²) in [6, 6.07) is 4.16. The van der Waals surface area contributed by atoms with Crippen LogP contribution in [-0.2, 0) is 0 Å². The molecular formula is C13H5Cl4FN2. The van der Waals surface area contributed by atoms with E-state index < -0.39 is 5.82 Å². The highest BCUT2D eigenvalue weighted by molar-refractivity contribution is 6.37. The molecule has 0 spiro atoms. The third-order valence-corrected chi connectivity index (χ3v) is 3.85. The molecule has 0 aliphatic carbocycles. The van der Waals surface area contributed by atoms with Crippen LogP contribution in [0.1, 0.15) is 0 Å². The molecule has 3 aromatic rings. The molecule has 0 aliphatic heterocycles. The Kier molecular flexibility index (Phi) is 3.55. The van der Waals surface area contributed by atoms with Crippen molar-refractivity contribution >= 4 is 52.1 Å². The van der Waals surface area contributed by atoms with E-state index in [1.807, 2.05) is 0 Å². The molecule has 2 heterocycles. The monoisotopic (exact) mass is 348 g/mol. The number of rotatable bonds is 1. The fourth-order valence-electron chi connectivity index (χ4n) is 1.87. The van der Waals surface area contributed by atoms with Crippen LogP contribution in [0.4, 0.5) is 4.39 Å². The molecule has 0 saturated heterocycles. The first-order valence-electron chi connectivity index (χ1n) is 5.44. The smallest absolute Gasteiger partial charge is 0.156 e. The standard InChI is InChI=1S/C13H5Cl4FN2/c14-6-1-10(17)13-19-12(5-20(13)4-6)7-2-11(18)9(16)3-8(7)15/h1-5H. The van der Waals surface area contributed by atoms with Crippen molar-refractivity contribution in [1.29, 1.82) is 0 Å². The van der Waals surface area contributed by atoms with E-state index in [0.29, 0.717) is 32.0 Å². The topological polar surface area (TPSA) is 17.3 Å². The van der Waals surface area contributed by atoms with Gasteiger partial charge in [-0.25, -0.2) is 9.37 Å². The van der Waals surface area contributed by atoms with Crippen molar-refractivity contribution in [3.63, 3.8) is 0 Å². The van der Waals surface area contributed by atoms with E-state index in [4.69, 9.17) is 46.4 Å². The lowest BCUT2D eigenvalue weighted by Crippen LogP contribution is -1.84. The summed E-state index contributed by atoms with van der Waals surface area (Å²) in [6.45, 7) is 0. The molecule has 0 bridgehead atoms. The summed E-state index contributed by atoms with van der Waals surface area (Å²) in [5, 5.41) is 1.14. The summed E-state index contributed by atoms with van der Waals surface area (Å²) in [5.41, 5.74) is 1.43. The largest absolute Gasteiger partial charge is 0.304 e. The molecule has 0 saturated carbocycles. The van der Waals surface area contributed by atoms with Gasteiger partial charge in [-0.1, -0.05) is 46.4 Å². The lowest BCUT2D eigenvalue weighted by Gasteiger charge is -2.02. The zero-order valence-corrected chi connectivity index (χ0v) is 12.7. The van der Waals surface area contributed by atoms with Crippen molar-refractivity contribution in [3.05, 3.63) is 56.5 Å². The SMILES string of the molecule is Fc1cc(-c2cn3cc(Cl)cc(Cl)c3n2)c(Cl)cc1Cl. The normalized spacial score (nSPS) is 11.2. The van der Waals surface area contributed by atoms with Crippen molar-refractivity contribution in [3.8, 4) is 11.3 Å². The van der Waals surface area contributed by atoms with Crippen molar-refractivity contribution < 1.29 is 4.39 Å². The molecule has 3 rings (SSSR count). The van der Waals surface area contributed by atoms with Gasteiger partial charge >= 0.3 is 0 Å². The number of benzene rings is 1. The number of aromatic nitrogens is 2. The minimum absolute atomic E-state index is 0.0383. The first-order chi connectivity index (χ1) is 9.45. The molecule has 1 aromatic carbocycles. The van der Waals surface area contributed by atoms with Crippen LogP contribution in [0.3, 0.4) is 0 Å². The molecule has 0 amide bonds. The van der Waals surface area contributed by atoms with Gasteiger partial charge in [0.25, 0.3) is 0 Å². The molecule has 102 valence electrons. The van der Waals surface area contributed by atoms with Crippen LogP contribution in [0.2, 0.25) is 20.1 Å². The van der Waals surface area contributed by atoms with Crippen molar-refractivity contribution in [1.82, 2.24) is 9.38 Å². The van der Waals surface area contributed by atoms with Crippen LogP contribution in [0.5, 0.6) is 0 Å². The maximum absolute atomic E-state index is 13.6. The highest BCUT2D eigenvalue weighted by atomic mass is 35.5. The number of halogens is 5. The Hall–Kier alpha value is -1.000. The quantitative estimate of drug-likeness (QED) is 0.511. The molecular weight excluding hydrogens is 345 g/mol. The van der Waals surface area contributed by atoms with Crippen molar-refractivity contribution in [2.45, 2.75) is 0 Å². The Morgan fingerprint density at radius 3 is 2.40 bits per heavy atom. The summed E-state index contributed by atoms with van der Waals surface area (Å²) in [4.78, 5) is 4.33. The van der Waals surface area contributed by atoms with Crippen LogP contribution in [0.15, 0.2) is 30.6 Å². The molecule has 2 aromatic heterocycles. The van der Waals surface area contributed by atoms with E-state index in [1.165, 1.54) is 12.1 Å². The van der Waals surface area contributed by atoms with Crippen molar-refractivity contribution in [2.24, 2.45) is 0 Å². The second-order valence-electron chi connectivity index (χ2n) is 4.11. The minimum atomic E-state index is -0.563. The number of nitrogens with zero attached hydrogens (tertiary/aromatic N) is 2. The average Bonchev–Trinajstić information content (AvgIpc) is 2.77. The maximum atomic E-state index is 13.6. The highest BCUT2D eigenvalue weighted by Gasteiger charge is 2.14. The predicted octanol–water partition coefficient (Wildman–Crippen LogP) is 5.75. The number of hydrogen-bond acceptors (Lipinski definition) is 1. The first-order valence-corrected chi connectivity index (χ1v) is 6.95. The molecule has 0 unspecified atom stereocenters. The summed E-state index contributed by atoms with van der Waals surface area (Å²) in [6.07, 6.45) is 3.32. The first kappa shape index (κ1) is 14.0.